The van der Waals surface area contributed by atoms with Crippen molar-refractivity contribution < 1.29 is 13.9 Å². The van der Waals surface area contributed by atoms with E-state index >= 15 is 0 Å². The summed E-state index contributed by atoms with van der Waals surface area (Å²) >= 11 is 16.8. The Hall–Kier alpha value is -1.61. The van der Waals surface area contributed by atoms with E-state index in [-0.39, 0.29) is 5.75 Å². The quantitative estimate of drug-likeness (QED) is 0.224. The fraction of sp³-hybridized carbons (Fsp3) is 0.143. The Bertz CT molecular complexity index is 1160. The molecule has 1 unspecified atom stereocenters. The first-order chi connectivity index (χ1) is 14.3. The number of benzene rings is 2. The van der Waals surface area contributed by atoms with Crippen molar-refractivity contribution >= 4 is 68.4 Å². The van der Waals surface area contributed by atoms with Crippen molar-refractivity contribution in [3.63, 3.8) is 0 Å². The van der Waals surface area contributed by atoms with Crippen LogP contribution < -0.4 is 0 Å². The van der Waals surface area contributed by atoms with Crippen LogP contribution in [-0.4, -0.2) is 31.0 Å². The van der Waals surface area contributed by atoms with E-state index in [0.29, 0.717) is 48.9 Å². The lowest BCUT2D eigenvalue weighted by Crippen LogP contribution is -2.07. The molecule has 156 valence electrons. The average Bonchev–Trinajstić information content (AvgIpc) is 3.10. The molecule has 3 aromatic rings. The molecule has 9 heteroatoms. The number of thiophene rings is 1. The molecule has 0 aliphatic rings. The topological polar surface area (TPSA) is 69.9 Å². The molecule has 2 aromatic carbocycles. The Morgan fingerprint density at radius 1 is 1.20 bits per heavy atom. The van der Waals surface area contributed by atoms with Crippen LogP contribution in [0.4, 0.5) is 0 Å². The maximum atomic E-state index is 11.2. The van der Waals surface area contributed by atoms with Crippen molar-refractivity contribution in [2.24, 2.45) is 4.99 Å². The van der Waals surface area contributed by atoms with Crippen molar-refractivity contribution in [2.75, 3.05) is 6.54 Å². The van der Waals surface area contributed by atoms with Gasteiger partial charge in [-0.25, -0.2) is 4.21 Å². The van der Waals surface area contributed by atoms with Crippen LogP contribution in [0.25, 0.3) is 10.4 Å². The van der Waals surface area contributed by atoms with Gasteiger partial charge in [0.2, 0.25) is 0 Å². The van der Waals surface area contributed by atoms with Crippen molar-refractivity contribution in [2.45, 2.75) is 18.2 Å². The van der Waals surface area contributed by atoms with Gasteiger partial charge in [-0.2, -0.15) is 0 Å². The number of thiocarbonyl (C=S) groups is 1. The molecule has 3 rings (SSSR count). The van der Waals surface area contributed by atoms with E-state index in [1.807, 2.05) is 18.4 Å². The van der Waals surface area contributed by atoms with Gasteiger partial charge in [0.25, 0.3) is 0 Å². The largest absolute Gasteiger partial charge is 0.506 e. The monoisotopic (exact) mass is 497 g/mol. The lowest BCUT2D eigenvalue weighted by molar-refractivity contribution is 0.478. The van der Waals surface area contributed by atoms with Crippen LogP contribution in [0, 0.1) is 0 Å². The number of aliphatic imine (C=N–C) groups is 1. The van der Waals surface area contributed by atoms with Crippen LogP contribution in [0.3, 0.4) is 0 Å². The second kappa shape index (κ2) is 10.1. The molecule has 0 spiro atoms. The minimum atomic E-state index is -2.02. The molecule has 0 saturated carbocycles. The van der Waals surface area contributed by atoms with Crippen LogP contribution in [0.1, 0.15) is 18.1 Å². The van der Waals surface area contributed by atoms with Crippen molar-refractivity contribution in [3.8, 4) is 16.2 Å². The smallest absolute Gasteiger partial charge is 0.186 e. The number of hydrogen-bond donors (Lipinski definition) is 2. The maximum Gasteiger partial charge on any atom is 0.186 e. The Morgan fingerprint density at radius 2 is 1.97 bits per heavy atom. The zero-order valence-corrected chi connectivity index (χ0v) is 19.7. The van der Waals surface area contributed by atoms with Gasteiger partial charge in [0, 0.05) is 27.9 Å². The molecule has 30 heavy (non-hydrogen) atoms. The predicted octanol–water partition coefficient (Wildman–Crippen LogP) is 6.43. The normalized spacial score (nSPS) is 12.7. The zero-order chi connectivity index (χ0) is 21.8. The third kappa shape index (κ3) is 5.55. The highest BCUT2D eigenvalue weighted by atomic mass is 35.5. The Balaban J connectivity index is 1.72. The minimum Gasteiger partial charge on any atom is -0.506 e. The highest BCUT2D eigenvalue weighted by molar-refractivity contribution is 7.80. The van der Waals surface area contributed by atoms with E-state index in [2.05, 4.69) is 4.99 Å². The molecule has 0 radical (unpaired) electrons. The van der Waals surface area contributed by atoms with Gasteiger partial charge in [-0.3, -0.25) is 4.99 Å². The molecule has 1 heterocycles. The maximum absolute atomic E-state index is 11.2. The van der Waals surface area contributed by atoms with Gasteiger partial charge in [0.15, 0.2) is 11.1 Å². The predicted molar refractivity (Wildman–Crippen MR) is 130 cm³/mol. The summed E-state index contributed by atoms with van der Waals surface area (Å²) < 4.78 is 20.4. The second-order valence-electron chi connectivity index (χ2n) is 6.47. The number of aromatic hydroxyl groups is 1. The van der Waals surface area contributed by atoms with Crippen LogP contribution in [-0.2, 0) is 17.5 Å². The Kier molecular flexibility index (Phi) is 7.79. The van der Waals surface area contributed by atoms with E-state index < -0.39 is 11.1 Å². The zero-order valence-electron chi connectivity index (χ0n) is 15.8. The Labute approximate surface area is 196 Å². The molecule has 1 atom stereocenters. The molecular formula is C21H17Cl2NO3S3. The van der Waals surface area contributed by atoms with Crippen molar-refractivity contribution in [1.82, 2.24) is 0 Å². The van der Waals surface area contributed by atoms with E-state index in [4.69, 9.17) is 35.4 Å². The highest BCUT2D eigenvalue weighted by Crippen LogP contribution is 2.40. The fourth-order valence-electron chi connectivity index (χ4n) is 2.79. The van der Waals surface area contributed by atoms with Crippen molar-refractivity contribution in [1.29, 1.82) is 0 Å². The third-order valence-electron chi connectivity index (χ3n) is 4.33. The third-order valence-corrected chi connectivity index (χ3v) is 7.02. The van der Waals surface area contributed by atoms with Crippen LogP contribution in [0.15, 0.2) is 57.7 Å². The van der Waals surface area contributed by atoms with Gasteiger partial charge in [0.05, 0.1) is 26.4 Å². The number of halogens is 2. The van der Waals surface area contributed by atoms with Crippen molar-refractivity contribution in [3.05, 3.63) is 69.0 Å². The SMILES string of the molecule is CC(=NCC(=S)Cc1cccc(S(=O)O)c1)c1csc(-c2ccc(Cl)c(Cl)c2)c1O. The van der Waals surface area contributed by atoms with E-state index in [9.17, 15) is 13.9 Å². The van der Waals surface area contributed by atoms with Gasteiger partial charge in [-0.15, -0.1) is 11.3 Å². The average molecular weight is 498 g/mol. The summed E-state index contributed by atoms with van der Waals surface area (Å²) in [5, 5.41) is 13.4. The minimum absolute atomic E-state index is 0.142. The van der Waals surface area contributed by atoms with Crippen LogP contribution in [0.5, 0.6) is 5.75 Å². The number of nitrogens with zero attached hydrogens (tertiary/aromatic N) is 1. The van der Waals surface area contributed by atoms with Gasteiger partial charge >= 0.3 is 0 Å². The summed E-state index contributed by atoms with van der Waals surface area (Å²) in [7, 11) is 0. The lowest BCUT2D eigenvalue weighted by atomic mass is 10.1. The molecule has 0 aliphatic carbocycles. The Morgan fingerprint density at radius 3 is 2.67 bits per heavy atom. The first-order valence-electron chi connectivity index (χ1n) is 8.75. The van der Waals surface area contributed by atoms with E-state index in [1.54, 1.807) is 36.4 Å². The number of rotatable bonds is 7. The summed E-state index contributed by atoms with van der Waals surface area (Å²) in [6, 6.07) is 12.0. The van der Waals surface area contributed by atoms with Gasteiger partial charge in [-0.1, -0.05) is 53.6 Å². The summed E-state index contributed by atoms with van der Waals surface area (Å²) in [6.07, 6.45) is 0.474. The second-order valence-corrected chi connectivity index (χ2v) is 9.71. The first kappa shape index (κ1) is 23.1. The molecule has 4 nitrogen and oxygen atoms in total. The van der Waals surface area contributed by atoms with Gasteiger partial charge in [-0.05, 0) is 42.3 Å². The molecule has 2 N–H and O–H groups in total. The number of hydrogen-bond acceptors (Lipinski definition) is 5. The molecule has 0 aliphatic heterocycles. The molecule has 0 bridgehead atoms. The van der Waals surface area contributed by atoms with Gasteiger partial charge < -0.3 is 9.66 Å². The molecule has 0 amide bonds. The van der Waals surface area contributed by atoms with Crippen LogP contribution in [0.2, 0.25) is 10.0 Å². The summed E-state index contributed by atoms with van der Waals surface area (Å²) in [4.78, 5) is 6.23. The van der Waals surface area contributed by atoms with Gasteiger partial charge in [0.1, 0.15) is 5.75 Å². The van der Waals surface area contributed by atoms with E-state index in [1.165, 1.54) is 11.3 Å². The summed E-state index contributed by atoms with van der Waals surface area (Å²) in [6.45, 7) is 2.13. The molecular weight excluding hydrogens is 481 g/mol. The standard InChI is InChI=1S/C21H17Cl2NO3S3/c1-12(24-10-15(28)7-13-3-2-4-16(8-13)30(26)27)17-11-29-21(20(17)25)14-5-6-18(22)19(23)9-14/h2-6,8-9,11,25H,7,10H2,1H3,(H,26,27). The lowest BCUT2D eigenvalue weighted by Gasteiger charge is -2.05. The van der Waals surface area contributed by atoms with Crippen LogP contribution >= 0.6 is 46.8 Å². The molecule has 1 aromatic heterocycles. The first-order valence-corrected chi connectivity index (χ1v) is 11.9. The molecule has 0 fully saturated rings. The van der Waals surface area contributed by atoms with E-state index in [0.717, 1.165) is 11.1 Å². The molecule has 0 saturated heterocycles. The highest BCUT2D eigenvalue weighted by Gasteiger charge is 2.15. The summed E-state index contributed by atoms with van der Waals surface area (Å²) in [5.74, 6) is 0.142. The summed E-state index contributed by atoms with van der Waals surface area (Å²) in [5.41, 5.74) is 2.94. The fourth-order valence-corrected chi connectivity index (χ4v) is 4.77.